The lowest BCUT2D eigenvalue weighted by Crippen LogP contribution is -2.44. The Balaban J connectivity index is 1.84. The van der Waals surface area contributed by atoms with Gasteiger partial charge in [0.1, 0.15) is 11.3 Å². The first kappa shape index (κ1) is 19.0. The summed E-state index contributed by atoms with van der Waals surface area (Å²) < 4.78 is 4.99. The van der Waals surface area contributed by atoms with Gasteiger partial charge in [-0.2, -0.15) is 0 Å². The number of esters is 1. The fourth-order valence-corrected chi connectivity index (χ4v) is 2.13. The van der Waals surface area contributed by atoms with Crippen LogP contribution in [0.5, 0.6) is 5.75 Å². The number of imide groups is 1. The summed E-state index contributed by atoms with van der Waals surface area (Å²) in [6.45, 7) is 3.35. The van der Waals surface area contributed by atoms with Crippen LogP contribution in [0.1, 0.15) is 28.4 Å². The number of hydrogen-bond acceptors (Lipinski definition) is 5. The minimum Gasteiger partial charge on any atom is -0.507 e. The Labute approximate surface area is 151 Å². The van der Waals surface area contributed by atoms with E-state index in [1.54, 1.807) is 13.0 Å². The van der Waals surface area contributed by atoms with Crippen molar-refractivity contribution in [2.24, 2.45) is 0 Å². The highest BCUT2D eigenvalue weighted by molar-refractivity contribution is 5.99. The Morgan fingerprint density at radius 2 is 1.81 bits per heavy atom. The van der Waals surface area contributed by atoms with E-state index in [2.05, 4.69) is 10.6 Å². The van der Waals surface area contributed by atoms with Gasteiger partial charge < -0.3 is 15.2 Å². The van der Waals surface area contributed by atoms with Crippen molar-refractivity contribution in [2.75, 3.05) is 0 Å². The number of phenolic OH excluding ortho intramolecular Hbond substituents is 1. The Hall–Kier alpha value is -3.35. The van der Waals surface area contributed by atoms with Crippen LogP contribution in [0.3, 0.4) is 0 Å². The summed E-state index contributed by atoms with van der Waals surface area (Å²) in [5.74, 6) is -1.85. The molecule has 2 aromatic carbocycles. The molecule has 1 atom stereocenters. The summed E-state index contributed by atoms with van der Waals surface area (Å²) in [6, 6.07) is 13.0. The SMILES string of the molecule is Cc1ccc(C(=O)O[C@@H](C)C(=O)NC(=O)NCc2ccccc2)c(O)c1. The highest BCUT2D eigenvalue weighted by atomic mass is 16.5. The molecule has 3 amide bonds. The van der Waals surface area contributed by atoms with Crippen LogP contribution in [0.15, 0.2) is 48.5 Å². The number of amides is 3. The van der Waals surface area contributed by atoms with Crippen molar-refractivity contribution in [2.45, 2.75) is 26.5 Å². The third kappa shape index (κ3) is 5.34. The number of ether oxygens (including phenoxy) is 1. The predicted octanol–water partition coefficient (Wildman–Crippen LogP) is 2.27. The molecule has 0 bridgehead atoms. The highest BCUT2D eigenvalue weighted by Gasteiger charge is 2.22. The van der Waals surface area contributed by atoms with Gasteiger partial charge in [-0.05, 0) is 37.1 Å². The van der Waals surface area contributed by atoms with Crippen molar-refractivity contribution in [1.82, 2.24) is 10.6 Å². The Morgan fingerprint density at radius 3 is 2.46 bits per heavy atom. The van der Waals surface area contributed by atoms with Crippen molar-refractivity contribution >= 4 is 17.9 Å². The van der Waals surface area contributed by atoms with E-state index in [-0.39, 0.29) is 17.9 Å². The number of aromatic hydroxyl groups is 1. The molecule has 0 fully saturated rings. The molecule has 0 radical (unpaired) electrons. The maximum absolute atomic E-state index is 12.0. The molecule has 0 aliphatic rings. The highest BCUT2D eigenvalue weighted by Crippen LogP contribution is 2.19. The molecule has 0 saturated carbocycles. The van der Waals surface area contributed by atoms with Crippen LogP contribution in [0, 0.1) is 6.92 Å². The summed E-state index contributed by atoms with van der Waals surface area (Å²) in [4.78, 5) is 35.7. The number of carbonyl (C=O) groups excluding carboxylic acids is 3. The topological polar surface area (TPSA) is 105 Å². The van der Waals surface area contributed by atoms with E-state index >= 15 is 0 Å². The molecule has 0 saturated heterocycles. The third-order valence-corrected chi connectivity index (χ3v) is 3.56. The molecule has 26 heavy (non-hydrogen) atoms. The molecule has 3 N–H and O–H groups in total. The van der Waals surface area contributed by atoms with E-state index in [4.69, 9.17) is 4.74 Å². The van der Waals surface area contributed by atoms with E-state index in [0.717, 1.165) is 11.1 Å². The quantitative estimate of drug-likeness (QED) is 0.713. The van der Waals surface area contributed by atoms with E-state index < -0.39 is 24.0 Å². The maximum Gasteiger partial charge on any atom is 0.342 e. The molecule has 7 heteroatoms. The predicted molar refractivity (Wildman–Crippen MR) is 94.5 cm³/mol. The average Bonchev–Trinajstić information content (AvgIpc) is 2.60. The lowest BCUT2D eigenvalue weighted by atomic mass is 10.1. The number of urea groups is 1. The molecule has 2 rings (SSSR count). The van der Waals surface area contributed by atoms with Gasteiger partial charge >= 0.3 is 12.0 Å². The van der Waals surface area contributed by atoms with Crippen LogP contribution in [0.4, 0.5) is 4.79 Å². The van der Waals surface area contributed by atoms with Crippen molar-refractivity contribution in [3.63, 3.8) is 0 Å². The van der Waals surface area contributed by atoms with Gasteiger partial charge in [-0.25, -0.2) is 9.59 Å². The minimum atomic E-state index is -1.20. The average molecular weight is 356 g/mol. The van der Waals surface area contributed by atoms with Gasteiger partial charge in [0.2, 0.25) is 0 Å². The lowest BCUT2D eigenvalue weighted by molar-refractivity contribution is -0.127. The number of rotatable bonds is 5. The van der Waals surface area contributed by atoms with Crippen LogP contribution >= 0.6 is 0 Å². The second-order valence-corrected chi connectivity index (χ2v) is 5.73. The molecule has 0 unspecified atom stereocenters. The van der Waals surface area contributed by atoms with Gasteiger partial charge in [0.15, 0.2) is 6.10 Å². The zero-order chi connectivity index (χ0) is 19.1. The molecule has 0 aromatic heterocycles. The molecule has 0 aliphatic carbocycles. The normalized spacial score (nSPS) is 11.3. The monoisotopic (exact) mass is 356 g/mol. The standard InChI is InChI=1S/C19H20N2O5/c1-12-8-9-15(16(22)10-12)18(24)26-13(2)17(23)21-19(25)20-11-14-6-4-3-5-7-14/h3-10,13,22H,11H2,1-2H3,(H2,20,21,23,25)/t13-/m0/s1. The molecular formula is C19H20N2O5. The maximum atomic E-state index is 12.0. The smallest absolute Gasteiger partial charge is 0.342 e. The molecule has 0 aliphatic heterocycles. The van der Waals surface area contributed by atoms with Gasteiger partial charge in [-0.15, -0.1) is 0 Å². The van der Waals surface area contributed by atoms with Crippen molar-refractivity contribution in [1.29, 1.82) is 0 Å². The van der Waals surface area contributed by atoms with Crippen LogP contribution < -0.4 is 10.6 Å². The third-order valence-electron chi connectivity index (χ3n) is 3.56. The molecule has 2 aromatic rings. The lowest BCUT2D eigenvalue weighted by Gasteiger charge is -2.14. The Bertz CT molecular complexity index is 805. The zero-order valence-corrected chi connectivity index (χ0v) is 14.5. The van der Waals surface area contributed by atoms with Crippen molar-refractivity contribution < 1.29 is 24.2 Å². The number of nitrogens with one attached hydrogen (secondary N) is 2. The summed E-state index contributed by atoms with van der Waals surface area (Å²) >= 11 is 0. The number of hydrogen-bond donors (Lipinski definition) is 3. The van der Waals surface area contributed by atoms with Crippen molar-refractivity contribution in [3.05, 3.63) is 65.2 Å². The van der Waals surface area contributed by atoms with Crippen LogP contribution in [0.2, 0.25) is 0 Å². The van der Waals surface area contributed by atoms with Crippen LogP contribution in [-0.4, -0.2) is 29.1 Å². The first-order chi connectivity index (χ1) is 12.4. The first-order valence-electron chi connectivity index (χ1n) is 8.00. The molecule has 0 spiro atoms. The van der Waals surface area contributed by atoms with Gasteiger partial charge in [0.25, 0.3) is 5.91 Å². The summed E-state index contributed by atoms with van der Waals surface area (Å²) in [5, 5.41) is 14.4. The number of aryl methyl sites for hydroxylation is 1. The molecular weight excluding hydrogens is 336 g/mol. The second-order valence-electron chi connectivity index (χ2n) is 5.73. The number of benzene rings is 2. The van der Waals surface area contributed by atoms with Gasteiger partial charge in [-0.3, -0.25) is 10.1 Å². The van der Waals surface area contributed by atoms with Crippen LogP contribution in [0.25, 0.3) is 0 Å². The second kappa shape index (κ2) is 8.66. The Kier molecular flexibility index (Phi) is 6.32. The first-order valence-corrected chi connectivity index (χ1v) is 8.00. The van der Waals surface area contributed by atoms with Gasteiger partial charge in [0, 0.05) is 6.54 Å². The fourth-order valence-electron chi connectivity index (χ4n) is 2.13. The van der Waals surface area contributed by atoms with Gasteiger partial charge in [0.05, 0.1) is 0 Å². The summed E-state index contributed by atoms with van der Waals surface area (Å²) in [5.41, 5.74) is 1.60. The Morgan fingerprint density at radius 1 is 1.12 bits per heavy atom. The van der Waals surface area contributed by atoms with Gasteiger partial charge in [-0.1, -0.05) is 36.4 Å². The van der Waals surface area contributed by atoms with E-state index in [1.165, 1.54) is 19.1 Å². The molecule has 0 heterocycles. The van der Waals surface area contributed by atoms with E-state index in [0.29, 0.717) is 0 Å². The number of phenols is 1. The largest absolute Gasteiger partial charge is 0.507 e. The molecule has 7 nitrogen and oxygen atoms in total. The number of carbonyl (C=O) groups is 3. The van der Waals surface area contributed by atoms with E-state index in [9.17, 15) is 19.5 Å². The summed E-state index contributed by atoms with van der Waals surface area (Å²) in [6.07, 6.45) is -1.20. The molecule has 136 valence electrons. The fraction of sp³-hybridized carbons (Fsp3) is 0.211. The summed E-state index contributed by atoms with van der Waals surface area (Å²) in [7, 11) is 0. The van der Waals surface area contributed by atoms with E-state index in [1.807, 2.05) is 30.3 Å². The van der Waals surface area contributed by atoms with Crippen LogP contribution in [-0.2, 0) is 16.1 Å². The zero-order valence-electron chi connectivity index (χ0n) is 14.5. The minimum absolute atomic E-state index is 0.0521. The van der Waals surface area contributed by atoms with Crippen molar-refractivity contribution in [3.8, 4) is 5.75 Å².